The van der Waals surface area contributed by atoms with Crippen molar-refractivity contribution in [2.24, 2.45) is 0 Å². The SMILES string of the molecule is CC(C)(C)[Si](C)(C)OCC[C@H]1[C@@H]2CC[C@H](CN1c1nc(Cl)nc3c(F)c(Cl)nc(Cl)c13)N2C(=O)OCc1ccccc1. The number of fused-ring (bicyclic) bond motifs is 3. The van der Waals surface area contributed by atoms with E-state index < -0.39 is 19.3 Å². The van der Waals surface area contributed by atoms with Crippen LogP contribution >= 0.6 is 34.8 Å². The number of nitrogens with zero attached hydrogens (tertiary/aromatic N) is 5. The summed E-state index contributed by atoms with van der Waals surface area (Å²) in [5.41, 5.74) is 0.824. The molecule has 1 aromatic carbocycles. The van der Waals surface area contributed by atoms with Crippen molar-refractivity contribution in [1.29, 1.82) is 0 Å². The predicted octanol–water partition coefficient (Wildman–Crippen LogP) is 7.89. The predicted molar refractivity (Wildman–Crippen MR) is 166 cm³/mol. The van der Waals surface area contributed by atoms with Crippen LogP contribution in [0.3, 0.4) is 0 Å². The molecule has 2 saturated heterocycles. The maximum absolute atomic E-state index is 15.1. The lowest BCUT2D eigenvalue weighted by atomic mass is 9.99. The smallest absolute Gasteiger partial charge is 0.410 e. The molecule has 2 aliphatic rings. The number of carbonyl (C=O) groups excluding carboxylic acids is 1. The van der Waals surface area contributed by atoms with Gasteiger partial charge in [0.25, 0.3) is 0 Å². The Morgan fingerprint density at radius 3 is 2.48 bits per heavy atom. The van der Waals surface area contributed by atoms with Crippen LogP contribution < -0.4 is 4.90 Å². The van der Waals surface area contributed by atoms with Gasteiger partial charge in [-0.25, -0.2) is 19.2 Å². The molecular formula is C29H35Cl3FN5O3Si. The molecule has 5 rings (SSSR count). The van der Waals surface area contributed by atoms with Crippen LogP contribution in [-0.2, 0) is 15.8 Å². The Kier molecular flexibility index (Phi) is 8.94. The highest BCUT2D eigenvalue weighted by Crippen LogP contribution is 2.43. The summed E-state index contributed by atoms with van der Waals surface area (Å²) in [6, 6.07) is 9.02. The van der Waals surface area contributed by atoms with Crippen LogP contribution in [0.15, 0.2) is 30.3 Å². The van der Waals surface area contributed by atoms with Gasteiger partial charge in [0.2, 0.25) is 5.28 Å². The molecule has 8 nitrogen and oxygen atoms in total. The summed E-state index contributed by atoms with van der Waals surface area (Å²) in [5.74, 6) is -0.449. The van der Waals surface area contributed by atoms with Gasteiger partial charge in [-0.3, -0.25) is 4.90 Å². The van der Waals surface area contributed by atoms with E-state index in [1.54, 1.807) is 0 Å². The van der Waals surface area contributed by atoms with E-state index in [0.717, 1.165) is 18.4 Å². The fourth-order valence-corrected chi connectivity index (χ4v) is 7.33. The number of piperazine rings is 1. The van der Waals surface area contributed by atoms with Crippen molar-refractivity contribution in [3.8, 4) is 0 Å². The first-order valence-electron chi connectivity index (χ1n) is 14.1. The number of carbonyl (C=O) groups is 1. The minimum atomic E-state index is -2.04. The Morgan fingerprint density at radius 2 is 1.79 bits per heavy atom. The number of amides is 1. The van der Waals surface area contributed by atoms with Crippen LogP contribution in [0.25, 0.3) is 10.9 Å². The number of hydrogen-bond acceptors (Lipinski definition) is 7. The molecule has 0 aliphatic carbocycles. The van der Waals surface area contributed by atoms with Gasteiger partial charge in [-0.15, -0.1) is 0 Å². The third kappa shape index (κ3) is 6.06. The standard InChI is InChI=1S/C29H35Cl3FN5O3Si/c1-29(2,3)42(4,5)41-14-13-19-20-12-11-18(38(20)28(39)40-16-17-9-7-6-8-10-17)15-37(19)26-21-23(34-27(32)36-26)22(33)25(31)35-24(21)30/h6-10,18-20H,11-16H2,1-5H3/t18-,19+,20+/m1/s1. The first kappa shape index (κ1) is 31.2. The molecule has 2 bridgehead atoms. The molecule has 226 valence electrons. The maximum atomic E-state index is 15.1. The van der Waals surface area contributed by atoms with Gasteiger partial charge in [0.15, 0.2) is 19.3 Å². The second kappa shape index (κ2) is 12.0. The number of halogens is 4. The van der Waals surface area contributed by atoms with E-state index in [1.807, 2.05) is 35.2 Å². The average molecular weight is 655 g/mol. The van der Waals surface area contributed by atoms with Crippen LogP contribution in [0.5, 0.6) is 0 Å². The number of pyridine rings is 1. The number of anilines is 1. The minimum Gasteiger partial charge on any atom is -0.445 e. The van der Waals surface area contributed by atoms with Gasteiger partial charge in [0.1, 0.15) is 23.1 Å². The summed E-state index contributed by atoms with van der Waals surface area (Å²) in [6.07, 6.45) is 1.79. The molecule has 0 saturated carbocycles. The molecule has 42 heavy (non-hydrogen) atoms. The fourth-order valence-electron chi connectivity index (χ4n) is 5.63. The molecule has 2 aliphatic heterocycles. The highest BCUT2D eigenvalue weighted by molar-refractivity contribution is 6.74. The van der Waals surface area contributed by atoms with E-state index >= 15 is 4.39 Å². The van der Waals surface area contributed by atoms with E-state index in [9.17, 15) is 4.79 Å². The largest absolute Gasteiger partial charge is 0.445 e. The van der Waals surface area contributed by atoms with Gasteiger partial charge in [-0.05, 0) is 54.6 Å². The summed E-state index contributed by atoms with van der Waals surface area (Å²) in [4.78, 5) is 30.0. The number of hydrogen-bond donors (Lipinski definition) is 0. The zero-order valence-corrected chi connectivity index (χ0v) is 27.6. The summed E-state index contributed by atoms with van der Waals surface area (Å²) >= 11 is 18.8. The van der Waals surface area contributed by atoms with E-state index in [-0.39, 0.29) is 57.2 Å². The van der Waals surface area contributed by atoms with Gasteiger partial charge in [0.05, 0.1) is 23.5 Å². The van der Waals surface area contributed by atoms with E-state index in [0.29, 0.717) is 25.4 Å². The number of aromatic nitrogens is 3. The van der Waals surface area contributed by atoms with Crippen LogP contribution in [0.1, 0.15) is 45.6 Å². The molecule has 0 unspecified atom stereocenters. The lowest BCUT2D eigenvalue weighted by Gasteiger charge is -2.47. The second-order valence-electron chi connectivity index (χ2n) is 12.4. The van der Waals surface area contributed by atoms with Crippen molar-refractivity contribution in [3.63, 3.8) is 0 Å². The van der Waals surface area contributed by atoms with Crippen molar-refractivity contribution in [1.82, 2.24) is 19.9 Å². The zero-order valence-electron chi connectivity index (χ0n) is 24.3. The molecule has 13 heteroatoms. The molecule has 4 heterocycles. The van der Waals surface area contributed by atoms with Gasteiger partial charge >= 0.3 is 6.09 Å². The van der Waals surface area contributed by atoms with Gasteiger partial charge < -0.3 is 14.1 Å². The summed E-state index contributed by atoms with van der Waals surface area (Å²) in [6.45, 7) is 12.1. The first-order chi connectivity index (χ1) is 19.8. The van der Waals surface area contributed by atoms with Crippen LogP contribution in [0.4, 0.5) is 15.0 Å². The Morgan fingerprint density at radius 1 is 1.07 bits per heavy atom. The molecule has 3 atom stereocenters. The van der Waals surface area contributed by atoms with Crippen molar-refractivity contribution >= 4 is 65.9 Å². The number of rotatable bonds is 7. The summed E-state index contributed by atoms with van der Waals surface area (Å²) in [5, 5.41) is -0.270. The van der Waals surface area contributed by atoms with Crippen molar-refractivity contribution in [2.75, 3.05) is 18.1 Å². The van der Waals surface area contributed by atoms with Gasteiger partial charge in [-0.1, -0.05) is 74.3 Å². The Balaban J connectivity index is 1.49. The Bertz CT molecular complexity index is 1480. The third-order valence-corrected chi connectivity index (χ3v) is 14.1. The Labute approximate surface area is 261 Å². The van der Waals surface area contributed by atoms with Crippen molar-refractivity contribution in [3.05, 3.63) is 57.3 Å². The van der Waals surface area contributed by atoms with Gasteiger partial charge in [-0.2, -0.15) is 4.98 Å². The van der Waals surface area contributed by atoms with Crippen LogP contribution in [-0.4, -0.2) is 65.5 Å². The topological polar surface area (TPSA) is 80.7 Å². The van der Waals surface area contributed by atoms with Crippen molar-refractivity contribution < 1.29 is 18.3 Å². The molecule has 2 fully saturated rings. The second-order valence-corrected chi connectivity index (χ2v) is 18.3. The molecular weight excluding hydrogens is 620 g/mol. The highest BCUT2D eigenvalue weighted by Gasteiger charge is 2.50. The zero-order chi connectivity index (χ0) is 30.4. The molecule has 0 radical (unpaired) electrons. The lowest BCUT2D eigenvalue weighted by molar-refractivity contribution is 0.0611. The average Bonchev–Trinajstić information content (AvgIpc) is 3.25. The maximum Gasteiger partial charge on any atom is 0.410 e. The van der Waals surface area contributed by atoms with Gasteiger partial charge in [0, 0.05) is 13.2 Å². The molecule has 2 aromatic heterocycles. The van der Waals surface area contributed by atoms with E-state index in [4.69, 9.17) is 44.0 Å². The molecule has 1 amide bonds. The third-order valence-electron chi connectivity index (χ3n) is 8.82. The molecule has 0 spiro atoms. The molecule has 0 N–H and O–H groups in total. The quantitative estimate of drug-likeness (QED) is 0.146. The van der Waals surface area contributed by atoms with Crippen LogP contribution in [0.2, 0.25) is 33.7 Å². The first-order valence-corrected chi connectivity index (χ1v) is 18.1. The monoisotopic (exact) mass is 653 g/mol. The number of ether oxygens (including phenoxy) is 1. The normalized spacial score (nSPS) is 20.8. The minimum absolute atomic E-state index is 0.0172. The van der Waals surface area contributed by atoms with E-state index in [2.05, 4.69) is 53.7 Å². The van der Waals surface area contributed by atoms with Crippen molar-refractivity contribution in [2.45, 2.75) is 82.9 Å². The number of benzene rings is 1. The Hall–Kier alpha value is -2.24. The summed E-state index contributed by atoms with van der Waals surface area (Å²) < 4.78 is 27.4. The summed E-state index contributed by atoms with van der Waals surface area (Å²) in [7, 11) is -2.04. The fraction of sp³-hybridized carbons (Fsp3) is 0.517. The molecule has 3 aromatic rings. The highest BCUT2D eigenvalue weighted by atomic mass is 35.5. The van der Waals surface area contributed by atoms with E-state index in [1.165, 1.54) is 0 Å². The lowest BCUT2D eigenvalue weighted by Crippen LogP contribution is -2.62. The van der Waals surface area contributed by atoms with Crippen LogP contribution in [0, 0.1) is 5.82 Å².